The SMILES string of the molecule is C=C(CC(=O)OCC)C(=O)OCCCCOC(=O)C=Cc1ccc(OC)c(OC)c1. The number of esters is 3. The third-order valence-electron chi connectivity index (χ3n) is 3.79. The van der Waals surface area contributed by atoms with E-state index < -0.39 is 17.9 Å². The highest BCUT2D eigenvalue weighted by molar-refractivity contribution is 5.93. The zero-order valence-electron chi connectivity index (χ0n) is 17.6. The molecule has 0 atom stereocenters. The van der Waals surface area contributed by atoms with Crippen LogP contribution in [0.2, 0.25) is 0 Å². The van der Waals surface area contributed by atoms with Crippen LogP contribution in [0.1, 0.15) is 31.7 Å². The van der Waals surface area contributed by atoms with Crippen molar-refractivity contribution in [2.75, 3.05) is 34.0 Å². The second-order valence-electron chi connectivity index (χ2n) is 6.04. The normalized spacial score (nSPS) is 10.4. The quantitative estimate of drug-likeness (QED) is 0.208. The average Bonchev–Trinajstić information content (AvgIpc) is 2.74. The van der Waals surface area contributed by atoms with Gasteiger partial charge in [0.1, 0.15) is 0 Å². The summed E-state index contributed by atoms with van der Waals surface area (Å²) < 4.78 is 25.2. The molecule has 8 heteroatoms. The van der Waals surface area contributed by atoms with Crippen LogP contribution in [0.5, 0.6) is 11.5 Å². The summed E-state index contributed by atoms with van der Waals surface area (Å²) in [5.41, 5.74) is 0.805. The third-order valence-corrected chi connectivity index (χ3v) is 3.79. The van der Waals surface area contributed by atoms with Gasteiger partial charge in [0.15, 0.2) is 11.5 Å². The van der Waals surface area contributed by atoms with Crippen molar-refractivity contribution in [3.63, 3.8) is 0 Å². The molecule has 0 spiro atoms. The topological polar surface area (TPSA) is 97.4 Å². The predicted octanol–water partition coefficient (Wildman–Crippen LogP) is 3.09. The molecule has 0 saturated heterocycles. The first kappa shape index (κ1) is 24.7. The molecule has 1 aromatic carbocycles. The Balaban J connectivity index is 2.24. The maximum absolute atomic E-state index is 11.8. The van der Waals surface area contributed by atoms with Crippen molar-refractivity contribution < 1.29 is 38.1 Å². The summed E-state index contributed by atoms with van der Waals surface area (Å²) in [6, 6.07) is 5.27. The highest BCUT2D eigenvalue weighted by Crippen LogP contribution is 2.27. The van der Waals surface area contributed by atoms with E-state index in [9.17, 15) is 14.4 Å². The lowest BCUT2D eigenvalue weighted by atomic mass is 10.2. The molecule has 0 radical (unpaired) electrons. The molecule has 164 valence electrons. The lowest BCUT2D eigenvalue weighted by molar-refractivity contribution is -0.146. The maximum atomic E-state index is 11.8. The molecule has 1 aromatic rings. The van der Waals surface area contributed by atoms with Crippen molar-refractivity contribution in [3.05, 3.63) is 42.0 Å². The van der Waals surface area contributed by atoms with Gasteiger partial charge in [-0.25, -0.2) is 9.59 Å². The first-order chi connectivity index (χ1) is 14.4. The number of carbonyl (C=O) groups is 3. The second-order valence-corrected chi connectivity index (χ2v) is 6.04. The van der Waals surface area contributed by atoms with Crippen LogP contribution in [0.25, 0.3) is 6.08 Å². The van der Waals surface area contributed by atoms with E-state index in [1.54, 1.807) is 38.3 Å². The van der Waals surface area contributed by atoms with Crippen LogP contribution in [0.4, 0.5) is 0 Å². The number of carbonyl (C=O) groups excluding carboxylic acids is 3. The molecule has 0 N–H and O–H groups in total. The summed E-state index contributed by atoms with van der Waals surface area (Å²) in [7, 11) is 3.08. The smallest absolute Gasteiger partial charge is 0.333 e. The summed E-state index contributed by atoms with van der Waals surface area (Å²) in [4.78, 5) is 34.7. The largest absolute Gasteiger partial charge is 0.493 e. The number of hydrogen-bond donors (Lipinski definition) is 0. The fourth-order valence-electron chi connectivity index (χ4n) is 2.27. The van der Waals surface area contributed by atoms with Gasteiger partial charge < -0.3 is 23.7 Å². The third kappa shape index (κ3) is 9.27. The number of hydrogen-bond acceptors (Lipinski definition) is 8. The molecule has 0 fully saturated rings. The number of benzene rings is 1. The minimum Gasteiger partial charge on any atom is -0.493 e. The fourth-order valence-corrected chi connectivity index (χ4v) is 2.27. The summed E-state index contributed by atoms with van der Waals surface area (Å²) in [6.07, 6.45) is 3.76. The van der Waals surface area contributed by atoms with E-state index in [0.717, 1.165) is 5.56 Å². The van der Waals surface area contributed by atoms with E-state index in [1.807, 2.05) is 0 Å². The van der Waals surface area contributed by atoms with Crippen LogP contribution in [0.15, 0.2) is 36.4 Å². The molecule has 0 aromatic heterocycles. The molecule has 0 saturated carbocycles. The molecule has 8 nitrogen and oxygen atoms in total. The van der Waals surface area contributed by atoms with E-state index in [0.29, 0.717) is 24.3 Å². The van der Waals surface area contributed by atoms with Gasteiger partial charge in [0.05, 0.1) is 40.5 Å². The summed E-state index contributed by atoms with van der Waals surface area (Å²) in [6.45, 7) is 5.76. The Morgan fingerprint density at radius 2 is 1.63 bits per heavy atom. The molecule has 0 aliphatic carbocycles. The molecular weight excluding hydrogens is 392 g/mol. The Kier molecular flexibility index (Phi) is 11.4. The highest BCUT2D eigenvalue weighted by Gasteiger charge is 2.13. The van der Waals surface area contributed by atoms with Crippen molar-refractivity contribution in [1.82, 2.24) is 0 Å². The standard InChI is InChI=1S/C22H28O8/c1-5-28-21(24)14-16(2)22(25)30-13-7-6-12-29-20(23)11-9-17-8-10-18(26-3)19(15-17)27-4/h8-11,15H,2,5-7,12-14H2,1,3-4H3. The Labute approximate surface area is 176 Å². The molecular formula is C22H28O8. The van der Waals surface area contributed by atoms with E-state index in [1.165, 1.54) is 13.2 Å². The molecule has 0 aliphatic rings. The molecule has 30 heavy (non-hydrogen) atoms. The van der Waals surface area contributed by atoms with Gasteiger partial charge in [-0.1, -0.05) is 12.6 Å². The first-order valence-corrected chi connectivity index (χ1v) is 9.48. The minimum absolute atomic E-state index is 0.0418. The van der Waals surface area contributed by atoms with Crippen LogP contribution in [0.3, 0.4) is 0 Å². The number of rotatable bonds is 13. The molecule has 0 unspecified atom stereocenters. The van der Waals surface area contributed by atoms with Crippen LogP contribution in [-0.4, -0.2) is 51.9 Å². The van der Waals surface area contributed by atoms with Crippen LogP contribution in [0, 0.1) is 0 Å². The lowest BCUT2D eigenvalue weighted by Crippen LogP contribution is -2.13. The van der Waals surface area contributed by atoms with Crippen molar-refractivity contribution >= 4 is 24.0 Å². The van der Waals surface area contributed by atoms with Gasteiger partial charge in [0.25, 0.3) is 0 Å². The van der Waals surface area contributed by atoms with Crippen molar-refractivity contribution in [1.29, 1.82) is 0 Å². The van der Waals surface area contributed by atoms with Gasteiger partial charge in [-0.2, -0.15) is 0 Å². The Morgan fingerprint density at radius 3 is 2.27 bits per heavy atom. The Bertz CT molecular complexity index is 766. The molecule has 0 heterocycles. The number of ether oxygens (including phenoxy) is 5. The minimum atomic E-state index is -0.641. The van der Waals surface area contributed by atoms with Crippen LogP contribution < -0.4 is 9.47 Å². The number of methoxy groups -OCH3 is 2. The molecule has 0 aliphatic heterocycles. The average molecular weight is 420 g/mol. The van der Waals surface area contributed by atoms with Crippen molar-refractivity contribution in [3.8, 4) is 11.5 Å². The monoisotopic (exact) mass is 420 g/mol. The summed E-state index contributed by atoms with van der Waals surface area (Å²) in [5, 5.41) is 0. The Hall–Kier alpha value is -3.29. The van der Waals surface area contributed by atoms with Crippen molar-refractivity contribution in [2.24, 2.45) is 0 Å². The van der Waals surface area contributed by atoms with Gasteiger partial charge >= 0.3 is 17.9 Å². The fraction of sp³-hybridized carbons (Fsp3) is 0.409. The van der Waals surface area contributed by atoms with Gasteiger partial charge in [-0.15, -0.1) is 0 Å². The number of unbranched alkanes of at least 4 members (excludes halogenated alkanes) is 1. The lowest BCUT2D eigenvalue weighted by Gasteiger charge is -2.08. The van der Waals surface area contributed by atoms with E-state index in [-0.39, 0.29) is 31.8 Å². The maximum Gasteiger partial charge on any atom is 0.333 e. The van der Waals surface area contributed by atoms with Crippen molar-refractivity contribution in [2.45, 2.75) is 26.2 Å². The van der Waals surface area contributed by atoms with Gasteiger partial charge in [-0.05, 0) is 43.5 Å². The summed E-state index contributed by atoms with van der Waals surface area (Å²) >= 11 is 0. The summed E-state index contributed by atoms with van der Waals surface area (Å²) in [5.74, 6) is -0.482. The first-order valence-electron chi connectivity index (χ1n) is 9.48. The van der Waals surface area contributed by atoms with Crippen LogP contribution in [-0.2, 0) is 28.6 Å². The molecule has 0 amide bonds. The van der Waals surface area contributed by atoms with Crippen LogP contribution >= 0.6 is 0 Å². The zero-order chi connectivity index (χ0) is 22.4. The molecule has 0 bridgehead atoms. The van der Waals surface area contributed by atoms with Gasteiger partial charge in [0.2, 0.25) is 0 Å². The molecule has 1 rings (SSSR count). The van der Waals surface area contributed by atoms with Gasteiger partial charge in [-0.3, -0.25) is 4.79 Å². The Morgan fingerprint density at radius 1 is 0.967 bits per heavy atom. The van der Waals surface area contributed by atoms with E-state index in [4.69, 9.17) is 23.7 Å². The van der Waals surface area contributed by atoms with Gasteiger partial charge in [0, 0.05) is 11.6 Å². The second kappa shape index (κ2) is 13.8. The zero-order valence-corrected chi connectivity index (χ0v) is 17.6. The van der Waals surface area contributed by atoms with E-state index in [2.05, 4.69) is 6.58 Å². The highest BCUT2D eigenvalue weighted by atomic mass is 16.5. The van der Waals surface area contributed by atoms with E-state index >= 15 is 0 Å². The predicted molar refractivity (Wildman–Crippen MR) is 110 cm³/mol.